The van der Waals surface area contributed by atoms with E-state index in [2.05, 4.69) is 11.2 Å². The van der Waals surface area contributed by atoms with Crippen molar-refractivity contribution in [3.05, 3.63) is 95.6 Å². The maximum atomic E-state index is 14.0. The Morgan fingerprint density at radius 2 is 1.85 bits per heavy atom. The summed E-state index contributed by atoms with van der Waals surface area (Å²) in [5, 5.41) is 14.5. The second kappa shape index (κ2) is 11.5. The lowest BCUT2D eigenvalue weighted by molar-refractivity contribution is 0.0591. The van der Waals surface area contributed by atoms with E-state index in [-0.39, 0.29) is 35.8 Å². The summed E-state index contributed by atoms with van der Waals surface area (Å²) in [4.78, 5) is 14.6. The molecule has 1 aliphatic rings. The molecule has 4 aromatic rings. The first-order valence-electron chi connectivity index (χ1n) is 12.8. The maximum absolute atomic E-state index is 14.0. The van der Waals surface area contributed by atoms with E-state index in [1.54, 1.807) is 33.8 Å². The van der Waals surface area contributed by atoms with Crippen LogP contribution in [-0.2, 0) is 11.3 Å². The highest BCUT2D eigenvalue weighted by Crippen LogP contribution is 2.34. The van der Waals surface area contributed by atoms with Crippen LogP contribution in [0.3, 0.4) is 0 Å². The van der Waals surface area contributed by atoms with Gasteiger partial charge in [-0.2, -0.15) is 10.4 Å². The topological polar surface area (TPSA) is 106 Å². The van der Waals surface area contributed by atoms with Crippen molar-refractivity contribution in [1.29, 1.82) is 5.26 Å². The number of likely N-dealkylation sites (tertiary alicyclic amines) is 1. The summed E-state index contributed by atoms with van der Waals surface area (Å²) in [5.41, 5.74) is 8.49. The minimum absolute atomic E-state index is 0.0234. The van der Waals surface area contributed by atoms with Gasteiger partial charge in [-0.1, -0.05) is 30.3 Å². The molecule has 2 N–H and O–H groups in total. The van der Waals surface area contributed by atoms with Crippen molar-refractivity contribution in [1.82, 2.24) is 14.7 Å². The van der Waals surface area contributed by atoms with Gasteiger partial charge in [0, 0.05) is 24.2 Å². The Morgan fingerprint density at radius 1 is 1.10 bits per heavy atom. The van der Waals surface area contributed by atoms with Crippen molar-refractivity contribution in [3.63, 3.8) is 0 Å². The first kappa shape index (κ1) is 26.7. The molecule has 3 aromatic carbocycles. The molecule has 2 heterocycles. The molecule has 1 aliphatic heterocycles. The molecule has 2 atom stereocenters. The smallest absolute Gasteiger partial charge is 0.410 e. The van der Waals surface area contributed by atoms with E-state index in [0.29, 0.717) is 30.0 Å². The van der Waals surface area contributed by atoms with Crippen molar-refractivity contribution >= 4 is 11.9 Å². The fourth-order valence-electron chi connectivity index (χ4n) is 4.75. The third-order valence-corrected chi connectivity index (χ3v) is 6.95. The molecule has 1 fully saturated rings. The Hall–Kier alpha value is -4.91. The zero-order valence-electron chi connectivity index (χ0n) is 21.8. The second-order valence-corrected chi connectivity index (χ2v) is 9.64. The van der Waals surface area contributed by atoms with Crippen LogP contribution in [0.25, 0.3) is 11.3 Å². The van der Waals surface area contributed by atoms with E-state index in [9.17, 15) is 18.8 Å². The van der Waals surface area contributed by atoms with Crippen molar-refractivity contribution in [2.24, 2.45) is 0 Å². The van der Waals surface area contributed by atoms with Gasteiger partial charge in [-0.3, -0.25) is 0 Å². The van der Waals surface area contributed by atoms with Crippen LogP contribution >= 0.6 is 0 Å². The Bertz CT molecular complexity index is 1550. The Kier molecular flexibility index (Phi) is 7.64. The number of nitrogens with zero attached hydrogens (tertiary/aromatic N) is 4. The Morgan fingerprint density at radius 3 is 2.55 bits per heavy atom. The van der Waals surface area contributed by atoms with Crippen molar-refractivity contribution in [2.75, 3.05) is 12.3 Å². The number of anilines is 1. The standard InChI is InChI=1S/C30H27F2N5O3/c1-19-7-11-23(17-36(19)30(38)39-18-20-5-3-2-4-6-20)37-29(34)25(16-33)28(35-37)21-8-12-24(13-9-21)40-27-14-10-22(31)15-26(27)32/h2-6,8-10,12-15,19,23H,7,11,17-18,34H2,1H3. The summed E-state index contributed by atoms with van der Waals surface area (Å²) in [6.07, 6.45) is 1.02. The van der Waals surface area contributed by atoms with E-state index in [1.807, 2.05) is 37.3 Å². The van der Waals surface area contributed by atoms with E-state index in [1.165, 1.54) is 6.07 Å². The summed E-state index contributed by atoms with van der Waals surface area (Å²) in [7, 11) is 0. The predicted octanol–water partition coefficient (Wildman–Crippen LogP) is 6.44. The van der Waals surface area contributed by atoms with Crippen molar-refractivity contribution in [3.8, 4) is 28.8 Å². The average Bonchev–Trinajstić information content (AvgIpc) is 3.30. The van der Waals surface area contributed by atoms with E-state index in [0.717, 1.165) is 24.1 Å². The van der Waals surface area contributed by atoms with Gasteiger partial charge in [-0.15, -0.1) is 0 Å². The quantitative estimate of drug-likeness (QED) is 0.300. The molecule has 40 heavy (non-hydrogen) atoms. The number of amides is 1. The summed E-state index contributed by atoms with van der Waals surface area (Å²) in [6, 6.07) is 21.0. The zero-order chi connectivity index (χ0) is 28.2. The fraction of sp³-hybridized carbons (Fsp3) is 0.233. The lowest BCUT2D eigenvalue weighted by atomic mass is 10.00. The van der Waals surface area contributed by atoms with Gasteiger partial charge in [-0.05, 0) is 61.7 Å². The summed E-state index contributed by atoms with van der Waals surface area (Å²) < 4.78 is 39.8. The summed E-state index contributed by atoms with van der Waals surface area (Å²) in [5.74, 6) is -1.09. The number of halogens is 2. The average molecular weight is 544 g/mol. The summed E-state index contributed by atoms with van der Waals surface area (Å²) in [6.45, 7) is 2.48. The number of nitrogens with two attached hydrogens (primary N) is 1. The molecule has 0 saturated carbocycles. The van der Waals surface area contributed by atoms with Gasteiger partial charge >= 0.3 is 6.09 Å². The molecule has 10 heteroatoms. The highest BCUT2D eigenvalue weighted by molar-refractivity contribution is 5.73. The Balaban J connectivity index is 1.33. The third-order valence-electron chi connectivity index (χ3n) is 6.95. The lowest BCUT2D eigenvalue weighted by Crippen LogP contribution is -2.46. The molecular weight excluding hydrogens is 516 g/mol. The predicted molar refractivity (Wildman–Crippen MR) is 144 cm³/mol. The fourth-order valence-corrected chi connectivity index (χ4v) is 4.75. The molecule has 0 aliphatic carbocycles. The molecule has 0 spiro atoms. The number of nitriles is 1. The first-order chi connectivity index (χ1) is 19.3. The van der Waals surface area contributed by atoms with Gasteiger partial charge in [0.05, 0.1) is 6.04 Å². The number of hydrogen-bond donors (Lipinski definition) is 1. The number of hydrogen-bond acceptors (Lipinski definition) is 6. The number of piperidine rings is 1. The number of carbonyl (C=O) groups excluding carboxylic acids is 1. The highest BCUT2D eigenvalue weighted by Gasteiger charge is 2.33. The van der Waals surface area contributed by atoms with Crippen molar-refractivity contribution < 1.29 is 23.0 Å². The number of ether oxygens (including phenoxy) is 2. The number of rotatable bonds is 6. The van der Waals surface area contributed by atoms with Crippen LogP contribution in [0.2, 0.25) is 0 Å². The third kappa shape index (κ3) is 5.59. The van der Waals surface area contributed by atoms with Crippen LogP contribution in [-0.4, -0.2) is 33.4 Å². The minimum atomic E-state index is -0.817. The molecule has 0 radical (unpaired) electrons. The van der Waals surface area contributed by atoms with Crippen LogP contribution in [0.15, 0.2) is 72.8 Å². The monoisotopic (exact) mass is 543 g/mol. The molecule has 1 amide bonds. The maximum Gasteiger partial charge on any atom is 0.410 e. The molecular formula is C30H27F2N5O3. The van der Waals surface area contributed by atoms with E-state index in [4.69, 9.17) is 15.2 Å². The zero-order valence-corrected chi connectivity index (χ0v) is 21.8. The normalized spacial score (nSPS) is 16.8. The van der Waals surface area contributed by atoms with Crippen LogP contribution in [0.1, 0.15) is 36.9 Å². The largest absolute Gasteiger partial charge is 0.454 e. The molecule has 2 unspecified atom stereocenters. The van der Waals surface area contributed by atoms with Crippen LogP contribution < -0.4 is 10.5 Å². The van der Waals surface area contributed by atoms with Crippen LogP contribution in [0.5, 0.6) is 11.5 Å². The second-order valence-electron chi connectivity index (χ2n) is 9.64. The molecule has 204 valence electrons. The van der Waals surface area contributed by atoms with E-state index >= 15 is 0 Å². The number of nitrogen functional groups attached to an aromatic ring is 1. The van der Waals surface area contributed by atoms with Gasteiger partial charge in [-0.25, -0.2) is 18.3 Å². The summed E-state index contributed by atoms with van der Waals surface area (Å²) >= 11 is 0. The molecule has 1 saturated heterocycles. The van der Waals surface area contributed by atoms with Gasteiger partial charge in [0.25, 0.3) is 0 Å². The van der Waals surface area contributed by atoms with Gasteiger partial charge in [0.15, 0.2) is 11.6 Å². The number of carbonyl (C=O) groups is 1. The lowest BCUT2D eigenvalue weighted by Gasteiger charge is -2.37. The van der Waals surface area contributed by atoms with Gasteiger partial charge in [0.1, 0.15) is 41.3 Å². The molecule has 5 rings (SSSR count). The number of benzene rings is 3. The van der Waals surface area contributed by atoms with Gasteiger partial charge in [0.2, 0.25) is 0 Å². The Labute approximate surface area is 230 Å². The molecule has 8 nitrogen and oxygen atoms in total. The van der Waals surface area contributed by atoms with E-state index < -0.39 is 17.7 Å². The highest BCUT2D eigenvalue weighted by atomic mass is 19.1. The molecule has 0 bridgehead atoms. The SMILES string of the molecule is CC1CCC(n2nc(-c3ccc(Oc4ccc(F)cc4F)cc3)c(C#N)c2N)CN1C(=O)OCc1ccccc1. The molecule has 1 aromatic heterocycles. The first-order valence-corrected chi connectivity index (χ1v) is 12.8. The van der Waals surface area contributed by atoms with Gasteiger partial charge < -0.3 is 20.1 Å². The van der Waals surface area contributed by atoms with Crippen LogP contribution in [0, 0.1) is 23.0 Å². The van der Waals surface area contributed by atoms with Crippen molar-refractivity contribution in [2.45, 2.75) is 38.5 Å². The van der Waals surface area contributed by atoms with Crippen LogP contribution in [0.4, 0.5) is 19.4 Å². The number of aromatic nitrogens is 2. The minimum Gasteiger partial charge on any atom is -0.454 e.